The van der Waals surface area contributed by atoms with E-state index in [9.17, 15) is 9.59 Å². The molecule has 1 amide bonds. The number of hydrogen-bond donors (Lipinski definition) is 2. The molecule has 0 aliphatic rings. The van der Waals surface area contributed by atoms with Crippen molar-refractivity contribution in [2.24, 2.45) is 5.92 Å². The van der Waals surface area contributed by atoms with Crippen molar-refractivity contribution in [2.75, 3.05) is 5.73 Å². The smallest absolute Gasteiger partial charge is 0.252 e. The third-order valence-corrected chi connectivity index (χ3v) is 3.71. The number of nitrogens with two attached hydrogens (primary N) is 1. The molecule has 2 aromatic carbocycles. The van der Waals surface area contributed by atoms with Crippen molar-refractivity contribution >= 4 is 28.2 Å². The molecule has 4 nitrogen and oxygen atoms in total. The fourth-order valence-corrected chi connectivity index (χ4v) is 2.55. The van der Waals surface area contributed by atoms with E-state index >= 15 is 0 Å². The van der Waals surface area contributed by atoms with Gasteiger partial charge in [0.25, 0.3) is 5.91 Å². The van der Waals surface area contributed by atoms with Crippen LogP contribution in [0.4, 0.5) is 5.69 Å². The van der Waals surface area contributed by atoms with Gasteiger partial charge in [-0.25, -0.2) is 0 Å². The number of amides is 1. The third-order valence-electron chi connectivity index (χ3n) is 3.71. The van der Waals surface area contributed by atoms with Gasteiger partial charge in [0.1, 0.15) is 0 Å². The summed E-state index contributed by atoms with van der Waals surface area (Å²) in [6.45, 7) is 5.57. The zero-order valence-corrected chi connectivity index (χ0v) is 13.2. The highest BCUT2D eigenvalue weighted by Crippen LogP contribution is 2.24. The minimum Gasteiger partial charge on any atom is -0.398 e. The molecule has 0 spiro atoms. The minimum absolute atomic E-state index is 0.0261. The number of fused-ring (bicyclic) bond motifs is 1. The lowest BCUT2D eigenvalue weighted by molar-refractivity contribution is -0.119. The second-order valence-corrected chi connectivity index (χ2v) is 6.01. The van der Waals surface area contributed by atoms with E-state index < -0.39 is 6.04 Å². The maximum Gasteiger partial charge on any atom is 0.252 e. The molecule has 4 heteroatoms. The maximum atomic E-state index is 12.6. The Balaban J connectivity index is 2.33. The van der Waals surface area contributed by atoms with Crippen molar-refractivity contribution in [1.29, 1.82) is 0 Å². The average molecular weight is 298 g/mol. The minimum atomic E-state index is -0.455. The van der Waals surface area contributed by atoms with Crippen LogP contribution in [0.5, 0.6) is 0 Å². The molecule has 2 aromatic rings. The van der Waals surface area contributed by atoms with Gasteiger partial charge in [-0.15, -0.1) is 0 Å². The van der Waals surface area contributed by atoms with E-state index in [1.54, 1.807) is 12.1 Å². The molecule has 0 unspecified atom stereocenters. The van der Waals surface area contributed by atoms with Crippen molar-refractivity contribution in [3.8, 4) is 0 Å². The van der Waals surface area contributed by atoms with E-state index in [-0.39, 0.29) is 11.7 Å². The first-order valence-corrected chi connectivity index (χ1v) is 7.48. The lowest BCUT2D eigenvalue weighted by Crippen LogP contribution is -2.40. The number of rotatable bonds is 5. The number of carbonyl (C=O) groups is 2. The molecule has 0 saturated carbocycles. The largest absolute Gasteiger partial charge is 0.398 e. The van der Waals surface area contributed by atoms with Gasteiger partial charge in [-0.1, -0.05) is 38.1 Å². The van der Waals surface area contributed by atoms with Gasteiger partial charge in [0.15, 0.2) is 5.78 Å². The number of anilines is 1. The fourth-order valence-electron chi connectivity index (χ4n) is 2.55. The van der Waals surface area contributed by atoms with E-state index in [1.165, 1.54) is 6.92 Å². The van der Waals surface area contributed by atoms with Crippen LogP contribution in [-0.4, -0.2) is 17.7 Å². The molecule has 22 heavy (non-hydrogen) atoms. The summed E-state index contributed by atoms with van der Waals surface area (Å²) in [6, 6.07) is 10.5. The summed E-state index contributed by atoms with van der Waals surface area (Å²) in [5.41, 5.74) is 7.13. The van der Waals surface area contributed by atoms with Crippen LogP contribution in [0.3, 0.4) is 0 Å². The first kappa shape index (κ1) is 16.0. The highest BCUT2D eigenvalue weighted by Gasteiger charge is 2.20. The number of hydrogen-bond acceptors (Lipinski definition) is 3. The summed E-state index contributed by atoms with van der Waals surface area (Å²) in [7, 11) is 0. The van der Waals surface area contributed by atoms with E-state index in [1.807, 2.05) is 38.1 Å². The Morgan fingerprint density at radius 1 is 1.09 bits per heavy atom. The molecule has 0 aromatic heterocycles. The Bertz CT molecular complexity index is 707. The average Bonchev–Trinajstić information content (AvgIpc) is 2.46. The summed E-state index contributed by atoms with van der Waals surface area (Å²) in [5, 5.41) is 4.49. The second kappa shape index (κ2) is 6.60. The predicted molar refractivity (Wildman–Crippen MR) is 89.8 cm³/mol. The van der Waals surface area contributed by atoms with Gasteiger partial charge in [-0.05, 0) is 36.8 Å². The van der Waals surface area contributed by atoms with Gasteiger partial charge < -0.3 is 11.1 Å². The molecule has 2 rings (SSSR count). The van der Waals surface area contributed by atoms with Crippen molar-refractivity contribution < 1.29 is 9.59 Å². The molecule has 0 heterocycles. The SMILES string of the molecule is CC(=O)[C@H](CC(C)C)NC(=O)c1ccc(N)c2ccccc12. The quantitative estimate of drug-likeness (QED) is 0.833. The molecule has 116 valence electrons. The first-order chi connectivity index (χ1) is 10.4. The Morgan fingerprint density at radius 3 is 2.32 bits per heavy atom. The van der Waals surface area contributed by atoms with E-state index in [0.29, 0.717) is 23.6 Å². The standard InChI is InChI=1S/C18H22N2O2/c1-11(2)10-17(12(3)21)20-18(22)15-8-9-16(19)14-7-5-4-6-13(14)15/h4-9,11,17H,10,19H2,1-3H3,(H,20,22)/t17-/m0/s1. The van der Waals surface area contributed by atoms with Crippen LogP contribution in [0.25, 0.3) is 10.8 Å². The van der Waals surface area contributed by atoms with Gasteiger partial charge in [0.05, 0.1) is 6.04 Å². The van der Waals surface area contributed by atoms with E-state index in [4.69, 9.17) is 5.73 Å². The molecule has 0 aliphatic carbocycles. The molecule has 0 fully saturated rings. The lowest BCUT2D eigenvalue weighted by Gasteiger charge is -2.18. The highest BCUT2D eigenvalue weighted by molar-refractivity contribution is 6.10. The van der Waals surface area contributed by atoms with E-state index in [0.717, 1.165) is 10.8 Å². The van der Waals surface area contributed by atoms with Crippen LogP contribution < -0.4 is 11.1 Å². The van der Waals surface area contributed by atoms with Crippen molar-refractivity contribution in [3.05, 3.63) is 42.0 Å². The Kier molecular flexibility index (Phi) is 4.81. The molecule has 0 bridgehead atoms. The molecule has 0 saturated heterocycles. The van der Waals surface area contributed by atoms with Gasteiger partial charge in [-0.3, -0.25) is 9.59 Å². The van der Waals surface area contributed by atoms with Gasteiger partial charge >= 0.3 is 0 Å². The first-order valence-electron chi connectivity index (χ1n) is 7.48. The predicted octanol–water partition coefficient (Wildman–Crippen LogP) is 3.16. The topological polar surface area (TPSA) is 72.2 Å². The normalized spacial score (nSPS) is 12.4. The molecule has 3 N–H and O–H groups in total. The number of nitrogen functional groups attached to an aromatic ring is 1. The Hall–Kier alpha value is -2.36. The number of benzene rings is 2. The van der Waals surface area contributed by atoms with Crippen molar-refractivity contribution in [3.63, 3.8) is 0 Å². The number of Topliss-reactive ketones (excluding diaryl/α,β-unsaturated/α-hetero) is 1. The monoisotopic (exact) mass is 298 g/mol. The lowest BCUT2D eigenvalue weighted by atomic mass is 9.99. The number of carbonyl (C=O) groups excluding carboxylic acids is 2. The maximum absolute atomic E-state index is 12.6. The zero-order chi connectivity index (χ0) is 16.3. The molecule has 0 radical (unpaired) electrons. The van der Waals surface area contributed by atoms with Crippen LogP contribution in [0.2, 0.25) is 0 Å². The highest BCUT2D eigenvalue weighted by atomic mass is 16.2. The molecular weight excluding hydrogens is 276 g/mol. The van der Waals surface area contributed by atoms with E-state index in [2.05, 4.69) is 5.32 Å². The summed E-state index contributed by atoms with van der Waals surface area (Å²) in [6.07, 6.45) is 0.633. The summed E-state index contributed by atoms with van der Waals surface area (Å²) < 4.78 is 0. The molecule has 1 atom stereocenters. The van der Waals surface area contributed by atoms with Crippen LogP contribution in [0, 0.1) is 5.92 Å². The fraction of sp³-hybridized carbons (Fsp3) is 0.333. The Labute approximate surface area is 130 Å². The molecular formula is C18H22N2O2. The van der Waals surface area contributed by atoms with Crippen LogP contribution in [0.15, 0.2) is 36.4 Å². The van der Waals surface area contributed by atoms with Crippen LogP contribution >= 0.6 is 0 Å². The third kappa shape index (κ3) is 3.45. The van der Waals surface area contributed by atoms with Gasteiger partial charge in [-0.2, -0.15) is 0 Å². The number of ketones is 1. The van der Waals surface area contributed by atoms with Crippen LogP contribution in [0.1, 0.15) is 37.6 Å². The summed E-state index contributed by atoms with van der Waals surface area (Å²) in [5.74, 6) is 0.0659. The van der Waals surface area contributed by atoms with Gasteiger partial charge in [0.2, 0.25) is 0 Å². The Morgan fingerprint density at radius 2 is 1.73 bits per heavy atom. The van der Waals surface area contributed by atoms with Gasteiger partial charge in [0, 0.05) is 16.6 Å². The summed E-state index contributed by atoms with van der Waals surface area (Å²) in [4.78, 5) is 24.3. The number of nitrogens with one attached hydrogen (secondary N) is 1. The summed E-state index contributed by atoms with van der Waals surface area (Å²) >= 11 is 0. The molecule has 0 aliphatic heterocycles. The van der Waals surface area contributed by atoms with Crippen LogP contribution in [-0.2, 0) is 4.79 Å². The van der Waals surface area contributed by atoms with Crippen molar-refractivity contribution in [2.45, 2.75) is 33.2 Å². The zero-order valence-electron chi connectivity index (χ0n) is 13.2. The second-order valence-electron chi connectivity index (χ2n) is 6.01. The van der Waals surface area contributed by atoms with Crippen molar-refractivity contribution in [1.82, 2.24) is 5.32 Å².